The molecule has 0 amide bonds. The van der Waals surface area contributed by atoms with Gasteiger partial charge in [-0.1, -0.05) is 24.6 Å². The van der Waals surface area contributed by atoms with E-state index in [1.54, 1.807) is 6.07 Å². The van der Waals surface area contributed by atoms with Crippen molar-refractivity contribution in [3.63, 3.8) is 0 Å². The van der Waals surface area contributed by atoms with Crippen LogP contribution in [0.1, 0.15) is 25.1 Å². The lowest BCUT2D eigenvalue weighted by molar-refractivity contribution is 0.626. The SMILES string of the molecule is CC[C@H](Nc1ncnc2[nH]cnc12)c1cc2ccc(F)c(Cl)c2c(=O)n1-c1ccc(F)cc1. The molecule has 10 heteroatoms. The topological polar surface area (TPSA) is 88.5 Å². The van der Waals surface area contributed by atoms with E-state index in [0.29, 0.717) is 40.2 Å². The van der Waals surface area contributed by atoms with Crippen LogP contribution in [-0.2, 0) is 0 Å². The van der Waals surface area contributed by atoms with Crippen molar-refractivity contribution in [1.82, 2.24) is 24.5 Å². The molecule has 5 rings (SSSR count). The maximum Gasteiger partial charge on any atom is 0.264 e. The zero-order valence-corrected chi connectivity index (χ0v) is 18.1. The van der Waals surface area contributed by atoms with Gasteiger partial charge in [0.2, 0.25) is 0 Å². The molecule has 0 aliphatic rings. The lowest BCUT2D eigenvalue weighted by atomic mass is 10.0. The van der Waals surface area contributed by atoms with E-state index < -0.39 is 23.2 Å². The normalized spacial score (nSPS) is 12.4. The summed E-state index contributed by atoms with van der Waals surface area (Å²) in [5.74, 6) is -0.638. The monoisotopic (exact) mass is 466 g/mol. The summed E-state index contributed by atoms with van der Waals surface area (Å²) in [4.78, 5) is 29.2. The van der Waals surface area contributed by atoms with E-state index >= 15 is 0 Å². The Balaban J connectivity index is 1.75. The highest BCUT2D eigenvalue weighted by Crippen LogP contribution is 2.30. The van der Waals surface area contributed by atoms with Crippen LogP contribution in [0.25, 0.3) is 27.6 Å². The molecule has 0 unspecified atom stereocenters. The van der Waals surface area contributed by atoms with Gasteiger partial charge >= 0.3 is 0 Å². The molecule has 0 saturated heterocycles. The van der Waals surface area contributed by atoms with E-state index in [-0.39, 0.29) is 10.4 Å². The summed E-state index contributed by atoms with van der Waals surface area (Å²) in [6.07, 6.45) is 3.50. The molecule has 166 valence electrons. The van der Waals surface area contributed by atoms with Gasteiger partial charge in [-0.05, 0) is 48.2 Å². The van der Waals surface area contributed by atoms with Crippen molar-refractivity contribution in [2.75, 3.05) is 5.32 Å². The Labute approximate surface area is 191 Å². The van der Waals surface area contributed by atoms with Crippen molar-refractivity contribution < 1.29 is 8.78 Å². The molecule has 33 heavy (non-hydrogen) atoms. The predicted molar refractivity (Wildman–Crippen MR) is 123 cm³/mol. The number of nitrogens with one attached hydrogen (secondary N) is 2. The fourth-order valence-corrected chi connectivity index (χ4v) is 4.14. The molecular formula is C23H17ClF2N6O. The summed E-state index contributed by atoms with van der Waals surface area (Å²) in [6.45, 7) is 1.95. The zero-order chi connectivity index (χ0) is 23.1. The lowest BCUT2D eigenvalue weighted by Gasteiger charge is -2.23. The van der Waals surface area contributed by atoms with Crippen LogP contribution >= 0.6 is 11.6 Å². The van der Waals surface area contributed by atoms with Crippen molar-refractivity contribution in [2.24, 2.45) is 0 Å². The number of fused-ring (bicyclic) bond motifs is 2. The number of aromatic nitrogens is 5. The van der Waals surface area contributed by atoms with Crippen LogP contribution in [0, 0.1) is 11.6 Å². The van der Waals surface area contributed by atoms with Crippen molar-refractivity contribution >= 4 is 39.4 Å². The summed E-state index contributed by atoms with van der Waals surface area (Å²) in [5.41, 5.74) is 1.61. The standard InChI is InChI=1S/C23H17ClF2N6O/c1-2-16(31-22-20-21(28-10-27-20)29-11-30-22)17-9-12-3-8-15(26)19(24)18(12)23(33)32(17)14-6-4-13(25)5-7-14/h3-11,16H,2H2,1H3,(H2,27,28,29,30,31)/t16-/m0/s1. The molecule has 0 radical (unpaired) electrons. The number of halogens is 3. The minimum Gasteiger partial charge on any atom is -0.360 e. The molecule has 0 aliphatic heterocycles. The molecule has 0 aliphatic carbocycles. The average molecular weight is 467 g/mol. The first-order valence-electron chi connectivity index (χ1n) is 10.2. The van der Waals surface area contributed by atoms with Gasteiger partial charge < -0.3 is 10.3 Å². The highest BCUT2D eigenvalue weighted by atomic mass is 35.5. The van der Waals surface area contributed by atoms with Gasteiger partial charge in [-0.25, -0.2) is 23.7 Å². The average Bonchev–Trinajstić information content (AvgIpc) is 3.30. The molecule has 0 fully saturated rings. The van der Waals surface area contributed by atoms with Crippen LogP contribution in [0.3, 0.4) is 0 Å². The van der Waals surface area contributed by atoms with Crippen molar-refractivity contribution in [3.05, 3.63) is 87.8 Å². The first kappa shape index (κ1) is 21.0. The number of benzene rings is 2. The molecule has 3 heterocycles. The highest BCUT2D eigenvalue weighted by molar-refractivity contribution is 6.35. The third kappa shape index (κ3) is 3.60. The summed E-state index contributed by atoms with van der Waals surface area (Å²) in [5, 5.41) is 3.63. The van der Waals surface area contributed by atoms with Crippen LogP contribution in [0.15, 0.2) is 59.9 Å². The van der Waals surface area contributed by atoms with Crippen LogP contribution < -0.4 is 10.9 Å². The van der Waals surface area contributed by atoms with E-state index in [0.717, 1.165) is 0 Å². The van der Waals surface area contributed by atoms with Gasteiger partial charge in [0.25, 0.3) is 5.56 Å². The number of hydrogen-bond acceptors (Lipinski definition) is 5. The van der Waals surface area contributed by atoms with Gasteiger partial charge in [-0.15, -0.1) is 0 Å². The van der Waals surface area contributed by atoms with Gasteiger partial charge in [0, 0.05) is 11.4 Å². The van der Waals surface area contributed by atoms with Gasteiger partial charge in [0.05, 0.1) is 22.8 Å². The molecule has 0 bridgehead atoms. The number of anilines is 1. The zero-order valence-electron chi connectivity index (χ0n) is 17.3. The van der Waals surface area contributed by atoms with Crippen molar-refractivity contribution in [3.8, 4) is 5.69 Å². The number of nitrogens with zero attached hydrogens (tertiary/aromatic N) is 4. The third-order valence-corrected chi connectivity index (χ3v) is 5.85. The highest BCUT2D eigenvalue weighted by Gasteiger charge is 2.22. The van der Waals surface area contributed by atoms with Crippen LogP contribution in [-0.4, -0.2) is 24.5 Å². The molecule has 0 saturated carbocycles. The summed E-state index contributed by atoms with van der Waals surface area (Å²) < 4.78 is 29.2. The number of imidazole rings is 1. The second kappa shape index (κ2) is 8.25. The number of pyridine rings is 1. The second-order valence-electron chi connectivity index (χ2n) is 7.44. The number of rotatable bonds is 5. The molecule has 7 nitrogen and oxygen atoms in total. The molecule has 2 N–H and O–H groups in total. The fourth-order valence-electron chi connectivity index (χ4n) is 3.89. The Morgan fingerprint density at radius 2 is 1.91 bits per heavy atom. The Morgan fingerprint density at radius 1 is 1.12 bits per heavy atom. The largest absolute Gasteiger partial charge is 0.360 e. The Bertz CT molecular complexity index is 1550. The van der Waals surface area contributed by atoms with Gasteiger partial charge in [0.1, 0.15) is 23.5 Å². The molecular weight excluding hydrogens is 450 g/mol. The van der Waals surface area contributed by atoms with Gasteiger partial charge in [0.15, 0.2) is 11.5 Å². The molecule has 3 aromatic heterocycles. The summed E-state index contributed by atoms with van der Waals surface area (Å²) >= 11 is 6.17. The molecule has 0 spiro atoms. The summed E-state index contributed by atoms with van der Waals surface area (Å²) in [7, 11) is 0. The number of hydrogen-bond donors (Lipinski definition) is 2. The maximum atomic E-state index is 14.2. The van der Waals surface area contributed by atoms with E-state index in [1.807, 2.05) is 6.92 Å². The van der Waals surface area contributed by atoms with E-state index in [2.05, 4.69) is 25.3 Å². The molecule has 1 atom stereocenters. The minimum atomic E-state index is -0.688. The first-order chi connectivity index (χ1) is 16.0. The first-order valence-corrected chi connectivity index (χ1v) is 10.6. The van der Waals surface area contributed by atoms with E-state index in [9.17, 15) is 13.6 Å². The number of H-pyrrole nitrogens is 1. The summed E-state index contributed by atoms with van der Waals surface area (Å²) in [6, 6.07) is 9.61. The minimum absolute atomic E-state index is 0.0522. The van der Waals surface area contributed by atoms with Gasteiger partial charge in [-0.3, -0.25) is 9.36 Å². The molecule has 5 aromatic rings. The number of aromatic amines is 1. The Kier molecular flexibility index (Phi) is 5.26. The van der Waals surface area contributed by atoms with E-state index in [1.165, 1.54) is 53.6 Å². The quantitative estimate of drug-likeness (QED) is 0.374. The lowest BCUT2D eigenvalue weighted by Crippen LogP contribution is -2.27. The van der Waals surface area contributed by atoms with Crippen molar-refractivity contribution in [2.45, 2.75) is 19.4 Å². The smallest absolute Gasteiger partial charge is 0.264 e. The fraction of sp³-hybridized carbons (Fsp3) is 0.130. The Hall–Kier alpha value is -3.85. The van der Waals surface area contributed by atoms with Gasteiger partial charge in [-0.2, -0.15) is 0 Å². The predicted octanol–water partition coefficient (Wildman–Crippen LogP) is 5.15. The van der Waals surface area contributed by atoms with Crippen LogP contribution in [0.4, 0.5) is 14.6 Å². The van der Waals surface area contributed by atoms with E-state index in [4.69, 9.17) is 11.6 Å². The Morgan fingerprint density at radius 3 is 2.67 bits per heavy atom. The van der Waals surface area contributed by atoms with Crippen LogP contribution in [0.2, 0.25) is 5.02 Å². The van der Waals surface area contributed by atoms with Crippen LogP contribution in [0.5, 0.6) is 0 Å². The molecule has 2 aromatic carbocycles. The van der Waals surface area contributed by atoms with Crippen molar-refractivity contribution in [1.29, 1.82) is 0 Å². The third-order valence-electron chi connectivity index (χ3n) is 5.48. The maximum absolute atomic E-state index is 14.2. The second-order valence-corrected chi connectivity index (χ2v) is 7.82.